The number of para-hydroxylation sites is 1. The van der Waals surface area contributed by atoms with E-state index in [2.05, 4.69) is 5.10 Å². The van der Waals surface area contributed by atoms with Crippen molar-refractivity contribution in [2.75, 3.05) is 20.3 Å². The van der Waals surface area contributed by atoms with Crippen LogP contribution in [0.15, 0.2) is 30.5 Å². The number of carboxylic acid groups (broad SMARTS) is 1. The minimum atomic E-state index is -0.931. The molecular weight excluding hydrogens is 258 g/mol. The fourth-order valence-electron chi connectivity index (χ4n) is 3.10. The Kier molecular flexibility index (Phi) is 3.10. The van der Waals surface area contributed by atoms with Gasteiger partial charge in [0.15, 0.2) is 5.66 Å². The number of methoxy groups -OCH3 is 1. The topological polar surface area (TPSA) is 67.6 Å². The molecule has 20 heavy (non-hydrogen) atoms. The fraction of sp³-hybridized carbons (Fsp3) is 0.429. The predicted octanol–water partition coefficient (Wildman–Crippen LogP) is 2.11. The normalized spacial score (nSPS) is 22.6. The monoisotopic (exact) mass is 275 g/mol. The van der Waals surface area contributed by atoms with Crippen LogP contribution in [0.25, 0.3) is 10.9 Å². The maximum absolute atomic E-state index is 11.6. The zero-order valence-electron chi connectivity index (χ0n) is 11.3. The van der Waals surface area contributed by atoms with Gasteiger partial charge in [-0.3, -0.25) is 4.90 Å². The Morgan fingerprint density at radius 1 is 1.50 bits per heavy atom. The number of rotatable bonds is 3. The van der Waals surface area contributed by atoms with Crippen molar-refractivity contribution in [1.82, 2.24) is 14.7 Å². The molecule has 1 amide bonds. The number of likely N-dealkylation sites (tertiary alicyclic amines) is 1. The van der Waals surface area contributed by atoms with Gasteiger partial charge in [0.25, 0.3) is 0 Å². The van der Waals surface area contributed by atoms with Gasteiger partial charge in [0, 0.05) is 19.0 Å². The maximum atomic E-state index is 11.6. The van der Waals surface area contributed by atoms with Crippen molar-refractivity contribution in [3.8, 4) is 0 Å². The van der Waals surface area contributed by atoms with Crippen LogP contribution in [0.5, 0.6) is 0 Å². The standard InChI is InChI=1S/C14H17N3O3/c1-20-10-14(7-4-8-16(14)13(18)19)17-12-6-3-2-5-11(12)9-15-17/h2-3,5-6,9H,4,7-8,10H2,1H3,(H,18,19). The van der Waals surface area contributed by atoms with Crippen molar-refractivity contribution < 1.29 is 14.6 Å². The van der Waals surface area contributed by atoms with Crippen molar-refractivity contribution in [3.05, 3.63) is 30.5 Å². The summed E-state index contributed by atoms with van der Waals surface area (Å²) in [6, 6.07) is 7.81. The van der Waals surface area contributed by atoms with E-state index in [4.69, 9.17) is 4.74 Å². The Hall–Kier alpha value is -2.08. The quantitative estimate of drug-likeness (QED) is 0.931. The number of fused-ring (bicyclic) bond motifs is 1. The first-order valence-electron chi connectivity index (χ1n) is 6.62. The molecule has 2 heterocycles. The van der Waals surface area contributed by atoms with Gasteiger partial charge < -0.3 is 9.84 Å². The molecule has 3 rings (SSSR count). The van der Waals surface area contributed by atoms with Gasteiger partial charge in [0.1, 0.15) is 0 Å². The first kappa shape index (κ1) is 12.9. The summed E-state index contributed by atoms with van der Waals surface area (Å²) in [6.45, 7) is 0.803. The molecule has 0 radical (unpaired) electrons. The molecule has 1 aromatic heterocycles. The van der Waals surface area contributed by atoms with Crippen LogP contribution < -0.4 is 0 Å². The molecule has 1 saturated heterocycles. The lowest BCUT2D eigenvalue weighted by atomic mass is 10.1. The summed E-state index contributed by atoms with van der Waals surface area (Å²) in [7, 11) is 1.59. The van der Waals surface area contributed by atoms with Crippen molar-refractivity contribution in [2.24, 2.45) is 0 Å². The molecular formula is C14H17N3O3. The van der Waals surface area contributed by atoms with Gasteiger partial charge in [-0.1, -0.05) is 18.2 Å². The van der Waals surface area contributed by atoms with Crippen LogP contribution in [0.1, 0.15) is 12.8 Å². The van der Waals surface area contributed by atoms with Crippen molar-refractivity contribution in [3.63, 3.8) is 0 Å². The third-order valence-electron chi connectivity index (χ3n) is 3.94. The Labute approximate surface area is 116 Å². The number of amides is 1. The molecule has 1 atom stereocenters. The SMILES string of the molecule is COCC1(n2ncc3ccccc32)CCCN1C(=O)O. The second-order valence-corrected chi connectivity index (χ2v) is 5.07. The number of ether oxygens (including phenoxy) is 1. The smallest absolute Gasteiger partial charge is 0.409 e. The van der Waals surface area contributed by atoms with Crippen molar-refractivity contribution >= 4 is 17.0 Å². The van der Waals surface area contributed by atoms with Crippen LogP contribution >= 0.6 is 0 Å². The van der Waals surface area contributed by atoms with Crippen molar-refractivity contribution in [2.45, 2.75) is 18.5 Å². The molecule has 1 fully saturated rings. The molecule has 1 unspecified atom stereocenters. The van der Waals surface area contributed by atoms with Gasteiger partial charge in [0.05, 0.1) is 18.3 Å². The van der Waals surface area contributed by atoms with Gasteiger partial charge in [-0.2, -0.15) is 5.10 Å². The van der Waals surface area contributed by atoms with E-state index in [0.29, 0.717) is 19.6 Å². The Morgan fingerprint density at radius 3 is 3.05 bits per heavy atom. The highest BCUT2D eigenvalue weighted by atomic mass is 16.5. The zero-order chi connectivity index (χ0) is 14.2. The first-order chi connectivity index (χ1) is 9.69. The molecule has 1 aliphatic heterocycles. The Bertz CT molecular complexity index is 639. The largest absolute Gasteiger partial charge is 0.465 e. The predicted molar refractivity (Wildman–Crippen MR) is 73.5 cm³/mol. The Balaban J connectivity index is 2.17. The van der Waals surface area contributed by atoms with Crippen LogP contribution in [-0.2, 0) is 10.4 Å². The average molecular weight is 275 g/mol. The average Bonchev–Trinajstić information content (AvgIpc) is 3.03. The summed E-state index contributed by atoms with van der Waals surface area (Å²) in [4.78, 5) is 13.0. The molecule has 0 aliphatic carbocycles. The molecule has 6 nitrogen and oxygen atoms in total. The molecule has 1 aromatic carbocycles. The summed E-state index contributed by atoms with van der Waals surface area (Å²) in [6.07, 6.45) is 2.35. The van der Waals surface area contributed by atoms with Gasteiger partial charge in [-0.25, -0.2) is 9.48 Å². The number of aromatic nitrogens is 2. The van der Waals surface area contributed by atoms with Crippen molar-refractivity contribution in [1.29, 1.82) is 0 Å². The molecule has 2 aromatic rings. The summed E-state index contributed by atoms with van der Waals surface area (Å²) >= 11 is 0. The van der Waals surface area contributed by atoms with Gasteiger partial charge in [0.2, 0.25) is 0 Å². The number of benzene rings is 1. The number of hydrogen-bond acceptors (Lipinski definition) is 3. The fourth-order valence-corrected chi connectivity index (χ4v) is 3.10. The summed E-state index contributed by atoms with van der Waals surface area (Å²) in [5, 5.41) is 14.9. The third kappa shape index (κ3) is 1.76. The minimum Gasteiger partial charge on any atom is -0.465 e. The van der Waals surface area contributed by atoms with Gasteiger partial charge in [-0.05, 0) is 18.9 Å². The third-order valence-corrected chi connectivity index (χ3v) is 3.94. The molecule has 6 heteroatoms. The molecule has 1 aliphatic rings. The molecule has 1 N–H and O–H groups in total. The van der Waals surface area contributed by atoms with Crippen LogP contribution in [0.4, 0.5) is 4.79 Å². The summed E-state index contributed by atoms with van der Waals surface area (Å²) in [5.74, 6) is 0. The summed E-state index contributed by atoms with van der Waals surface area (Å²) in [5.41, 5.74) is 0.182. The molecule has 106 valence electrons. The lowest BCUT2D eigenvalue weighted by molar-refractivity contribution is -0.0136. The van der Waals surface area contributed by atoms with E-state index >= 15 is 0 Å². The van der Waals surface area contributed by atoms with E-state index in [9.17, 15) is 9.90 Å². The highest BCUT2D eigenvalue weighted by Gasteiger charge is 2.47. The van der Waals surface area contributed by atoms with E-state index in [1.807, 2.05) is 24.3 Å². The lowest BCUT2D eigenvalue weighted by Gasteiger charge is -2.36. The van der Waals surface area contributed by atoms with E-state index in [-0.39, 0.29) is 0 Å². The maximum Gasteiger partial charge on any atom is 0.409 e. The Morgan fingerprint density at radius 2 is 2.30 bits per heavy atom. The first-order valence-corrected chi connectivity index (χ1v) is 6.62. The number of hydrogen-bond donors (Lipinski definition) is 1. The van der Waals surface area contributed by atoms with E-state index in [1.54, 1.807) is 18.0 Å². The van der Waals surface area contributed by atoms with Crippen LogP contribution in [0, 0.1) is 0 Å². The highest BCUT2D eigenvalue weighted by Crippen LogP contribution is 2.36. The highest BCUT2D eigenvalue weighted by molar-refractivity contribution is 5.79. The van der Waals surface area contributed by atoms with E-state index in [0.717, 1.165) is 17.3 Å². The lowest BCUT2D eigenvalue weighted by Crippen LogP contribution is -2.52. The van der Waals surface area contributed by atoms with Gasteiger partial charge >= 0.3 is 6.09 Å². The van der Waals surface area contributed by atoms with Crippen LogP contribution in [-0.4, -0.2) is 46.1 Å². The molecule has 0 bridgehead atoms. The second kappa shape index (κ2) is 4.79. The molecule has 0 saturated carbocycles. The zero-order valence-corrected chi connectivity index (χ0v) is 11.3. The number of carbonyl (C=O) groups is 1. The van der Waals surface area contributed by atoms with Crippen LogP contribution in [0.3, 0.4) is 0 Å². The van der Waals surface area contributed by atoms with Gasteiger partial charge in [-0.15, -0.1) is 0 Å². The van der Waals surface area contributed by atoms with E-state index < -0.39 is 11.8 Å². The summed E-state index contributed by atoms with van der Waals surface area (Å²) < 4.78 is 7.11. The number of nitrogens with zero attached hydrogens (tertiary/aromatic N) is 3. The van der Waals surface area contributed by atoms with E-state index in [1.165, 1.54) is 4.90 Å². The van der Waals surface area contributed by atoms with Crippen LogP contribution in [0.2, 0.25) is 0 Å². The second-order valence-electron chi connectivity index (χ2n) is 5.07. The minimum absolute atomic E-state index is 0.297. The molecule has 0 spiro atoms.